The number of aliphatic hydroxyl groups is 1. The average Bonchev–Trinajstić information content (AvgIpc) is 2.86. The van der Waals surface area contributed by atoms with Gasteiger partial charge in [-0.3, -0.25) is 9.09 Å². The molecule has 19 heteroatoms. The topological polar surface area (TPSA) is 250 Å². The maximum Gasteiger partial charge on any atom is 0.490 e. The number of hydrogen-bond acceptors (Lipinski definition) is 11. The largest absolute Gasteiger partial charge is 0.490 e. The molecule has 1 aliphatic rings. The van der Waals surface area contributed by atoms with Crippen molar-refractivity contribution in [1.82, 2.24) is 9.55 Å². The highest BCUT2D eigenvalue weighted by molar-refractivity contribution is 7.66. The first-order valence-corrected chi connectivity index (χ1v) is 12.1. The molecule has 1 saturated heterocycles. The Hall–Kier alpha value is -0.990. The van der Waals surface area contributed by atoms with Crippen LogP contribution in [0.25, 0.3) is 0 Å². The first-order chi connectivity index (χ1) is 13.1. The van der Waals surface area contributed by atoms with Gasteiger partial charge in [0.1, 0.15) is 18.1 Å². The average molecular weight is 481 g/mol. The smallest absolute Gasteiger partial charge is 0.390 e. The van der Waals surface area contributed by atoms with Crippen molar-refractivity contribution in [2.24, 2.45) is 0 Å². The molecule has 1 fully saturated rings. The minimum Gasteiger partial charge on any atom is -0.390 e. The van der Waals surface area contributed by atoms with Crippen LogP contribution in [0.1, 0.15) is 18.2 Å². The van der Waals surface area contributed by atoms with Crippen molar-refractivity contribution < 1.29 is 56.3 Å². The molecule has 166 valence electrons. The fourth-order valence-corrected chi connectivity index (χ4v) is 5.32. The highest BCUT2D eigenvalue weighted by Crippen LogP contribution is 2.66. The van der Waals surface area contributed by atoms with E-state index < -0.39 is 54.2 Å². The molecule has 16 nitrogen and oxygen atoms in total. The van der Waals surface area contributed by atoms with Crippen LogP contribution in [-0.2, 0) is 31.6 Å². The van der Waals surface area contributed by atoms with Gasteiger partial charge in [-0.2, -0.15) is 13.6 Å². The van der Waals surface area contributed by atoms with Gasteiger partial charge in [-0.25, -0.2) is 18.5 Å². The zero-order valence-electron chi connectivity index (χ0n) is 14.5. The van der Waals surface area contributed by atoms with Gasteiger partial charge in [-0.1, -0.05) is 0 Å². The van der Waals surface area contributed by atoms with Crippen LogP contribution in [0.4, 0.5) is 5.82 Å². The summed E-state index contributed by atoms with van der Waals surface area (Å²) in [5.41, 5.74) is 5.21. The van der Waals surface area contributed by atoms with Crippen LogP contribution in [0.15, 0.2) is 11.0 Å². The lowest BCUT2D eigenvalue weighted by Gasteiger charge is -2.19. The molecule has 5 atom stereocenters. The van der Waals surface area contributed by atoms with E-state index in [1.165, 1.54) is 6.20 Å². The van der Waals surface area contributed by atoms with E-state index in [9.17, 15) is 28.5 Å². The number of nitrogen functional groups attached to an aromatic ring is 1. The summed E-state index contributed by atoms with van der Waals surface area (Å²) in [6.45, 7) is 0.730. The van der Waals surface area contributed by atoms with Crippen LogP contribution in [0.2, 0.25) is 0 Å². The molecule has 2 heterocycles. The van der Waals surface area contributed by atoms with Crippen molar-refractivity contribution in [3.63, 3.8) is 0 Å². The molecule has 0 bridgehead atoms. The second-order valence-corrected chi connectivity index (χ2v) is 10.2. The molecule has 0 spiro atoms. The summed E-state index contributed by atoms with van der Waals surface area (Å²) in [4.78, 5) is 50.9. The Balaban J connectivity index is 2.02. The second-order valence-electron chi connectivity index (χ2n) is 5.82. The summed E-state index contributed by atoms with van der Waals surface area (Å²) in [6, 6.07) is 0. The predicted molar refractivity (Wildman–Crippen MR) is 92.0 cm³/mol. The van der Waals surface area contributed by atoms with Gasteiger partial charge in [0.15, 0.2) is 0 Å². The predicted octanol–water partition coefficient (Wildman–Crippen LogP) is -0.874. The number of aliphatic hydroxyl groups excluding tert-OH is 1. The highest BCUT2D eigenvalue weighted by Gasteiger charge is 2.42. The molecule has 1 aromatic rings. The lowest BCUT2D eigenvalue weighted by molar-refractivity contribution is -0.0449. The van der Waals surface area contributed by atoms with Crippen LogP contribution < -0.4 is 11.4 Å². The molecule has 0 aliphatic carbocycles. The summed E-state index contributed by atoms with van der Waals surface area (Å²) in [6.07, 6.45) is -2.35. The number of hydrogen-bond donors (Lipinski definition) is 6. The van der Waals surface area contributed by atoms with Crippen molar-refractivity contribution >= 4 is 29.3 Å². The molecular formula is C10H18N3O13P3. The second kappa shape index (κ2) is 8.63. The Kier molecular flexibility index (Phi) is 7.23. The van der Waals surface area contributed by atoms with Crippen LogP contribution in [0.5, 0.6) is 0 Å². The third-order valence-electron chi connectivity index (χ3n) is 3.51. The SMILES string of the molecule is Cc1cn(C2CC(O)C(COP(=O)(O)OP(=O)(O)OP(=O)(O)O)O2)c(=O)nc1N. The maximum atomic E-state index is 11.9. The Morgan fingerprint density at radius 3 is 2.45 bits per heavy atom. The van der Waals surface area contributed by atoms with Crippen LogP contribution >= 0.6 is 23.5 Å². The van der Waals surface area contributed by atoms with Crippen molar-refractivity contribution in [2.75, 3.05) is 12.3 Å². The van der Waals surface area contributed by atoms with Crippen molar-refractivity contribution in [2.45, 2.75) is 31.8 Å². The van der Waals surface area contributed by atoms with Crippen LogP contribution in [0.3, 0.4) is 0 Å². The van der Waals surface area contributed by atoms with E-state index in [0.29, 0.717) is 5.56 Å². The number of phosphoric ester groups is 1. The lowest BCUT2D eigenvalue weighted by Crippen LogP contribution is -2.29. The van der Waals surface area contributed by atoms with Crippen LogP contribution in [-0.4, -0.2) is 53.0 Å². The standard InChI is InChI=1S/C10H18N3O13P3/c1-5-3-13(10(15)12-9(5)11)8-2-6(14)7(24-8)4-23-28(19,20)26-29(21,22)25-27(16,17)18/h3,6-8,14H,2,4H2,1H3,(H,19,20)(H,21,22)(H2,11,12,15)(H2,16,17,18). The molecule has 1 aromatic heterocycles. The van der Waals surface area contributed by atoms with E-state index in [2.05, 4.69) is 18.1 Å². The van der Waals surface area contributed by atoms with Gasteiger partial charge in [0.25, 0.3) is 0 Å². The molecule has 2 rings (SSSR count). The summed E-state index contributed by atoms with van der Waals surface area (Å²) >= 11 is 0. The van der Waals surface area contributed by atoms with Crippen molar-refractivity contribution in [1.29, 1.82) is 0 Å². The number of aryl methyl sites for hydroxylation is 1. The Labute approximate surface area is 162 Å². The van der Waals surface area contributed by atoms with Gasteiger partial charge < -0.3 is 35.2 Å². The first kappa shape index (κ1) is 24.3. The number of phosphoric acid groups is 3. The van der Waals surface area contributed by atoms with Gasteiger partial charge >= 0.3 is 29.2 Å². The molecule has 1 aliphatic heterocycles. The minimum atomic E-state index is -5.66. The highest BCUT2D eigenvalue weighted by atomic mass is 31.3. The quantitative estimate of drug-likeness (QED) is 0.247. The van der Waals surface area contributed by atoms with E-state index in [0.717, 1.165) is 4.57 Å². The molecular weight excluding hydrogens is 463 g/mol. The number of ether oxygens (including phenoxy) is 1. The zero-order chi connectivity index (χ0) is 22.2. The number of aromatic nitrogens is 2. The van der Waals surface area contributed by atoms with Gasteiger partial charge in [-0.15, -0.1) is 0 Å². The molecule has 0 saturated carbocycles. The maximum absolute atomic E-state index is 11.9. The normalized spacial score (nSPS) is 26.8. The Morgan fingerprint density at radius 1 is 1.24 bits per heavy atom. The molecule has 0 amide bonds. The van der Waals surface area contributed by atoms with Crippen LogP contribution in [0, 0.1) is 6.92 Å². The fourth-order valence-electron chi connectivity index (χ4n) is 2.29. The van der Waals surface area contributed by atoms with E-state index in [1.807, 2.05) is 0 Å². The molecule has 0 radical (unpaired) electrons. The van der Waals surface area contributed by atoms with Gasteiger partial charge in [0.2, 0.25) is 0 Å². The van der Waals surface area contributed by atoms with Crippen molar-refractivity contribution in [3.05, 3.63) is 22.2 Å². The van der Waals surface area contributed by atoms with E-state index in [-0.39, 0.29) is 12.2 Å². The number of nitrogens with zero attached hydrogens (tertiary/aromatic N) is 2. The van der Waals surface area contributed by atoms with Gasteiger partial charge in [0.05, 0.1) is 12.7 Å². The third-order valence-corrected chi connectivity index (χ3v) is 7.31. The van der Waals surface area contributed by atoms with E-state index in [4.69, 9.17) is 25.2 Å². The zero-order valence-corrected chi connectivity index (χ0v) is 17.2. The monoisotopic (exact) mass is 481 g/mol. The van der Waals surface area contributed by atoms with Crippen molar-refractivity contribution in [3.8, 4) is 0 Å². The molecule has 29 heavy (non-hydrogen) atoms. The van der Waals surface area contributed by atoms with E-state index >= 15 is 0 Å². The molecule has 7 N–H and O–H groups in total. The summed E-state index contributed by atoms with van der Waals surface area (Å²) < 4.78 is 51.5. The number of nitrogens with two attached hydrogens (primary N) is 1. The minimum absolute atomic E-state index is 0.00834. The Morgan fingerprint density at radius 2 is 1.86 bits per heavy atom. The Bertz CT molecular complexity index is 960. The number of rotatable bonds is 8. The third kappa shape index (κ3) is 7.03. The fraction of sp³-hybridized carbons (Fsp3) is 0.600. The van der Waals surface area contributed by atoms with E-state index in [1.54, 1.807) is 6.92 Å². The number of anilines is 1. The summed E-state index contributed by atoms with van der Waals surface area (Å²) in [5.74, 6) is 0.00834. The summed E-state index contributed by atoms with van der Waals surface area (Å²) in [5, 5.41) is 10.0. The molecule has 0 aromatic carbocycles. The van der Waals surface area contributed by atoms with Gasteiger partial charge in [0, 0.05) is 18.2 Å². The summed E-state index contributed by atoms with van der Waals surface area (Å²) in [7, 11) is -16.5. The first-order valence-electron chi connectivity index (χ1n) is 7.56. The van der Waals surface area contributed by atoms with Gasteiger partial charge in [-0.05, 0) is 6.92 Å². The molecule has 5 unspecified atom stereocenters. The lowest BCUT2D eigenvalue weighted by atomic mass is 10.2.